The molecule has 0 amide bonds. The lowest BCUT2D eigenvalue weighted by molar-refractivity contribution is 0.199. The maximum absolute atomic E-state index is 9.48. The third-order valence-electron chi connectivity index (χ3n) is 2.79. The van der Waals surface area contributed by atoms with E-state index in [4.69, 9.17) is 4.74 Å². The molecule has 1 heterocycles. The van der Waals surface area contributed by atoms with Crippen molar-refractivity contribution in [1.29, 1.82) is 0 Å². The van der Waals surface area contributed by atoms with Crippen LogP contribution in [-0.2, 0) is 6.61 Å². The Balaban J connectivity index is 2.08. The molecule has 0 unspecified atom stereocenters. The van der Waals surface area contributed by atoms with Crippen LogP contribution in [-0.4, -0.2) is 15.4 Å². The van der Waals surface area contributed by atoms with Crippen LogP contribution in [0.1, 0.15) is 35.5 Å². The third kappa shape index (κ3) is 2.68. The van der Waals surface area contributed by atoms with Crippen LogP contribution in [0.3, 0.4) is 0 Å². The molecular formula is C13H16N2O3. The van der Waals surface area contributed by atoms with Gasteiger partial charge < -0.3 is 9.84 Å². The average Bonchev–Trinajstić information content (AvgIpc) is 2.73. The highest BCUT2D eigenvalue weighted by Gasteiger charge is 2.08. The first kappa shape index (κ1) is 12.6. The van der Waals surface area contributed by atoms with Crippen LogP contribution in [0.5, 0.6) is 5.75 Å². The predicted octanol–water partition coefficient (Wildman–Crippen LogP) is 2.32. The van der Waals surface area contributed by atoms with E-state index in [1.165, 1.54) is 0 Å². The Morgan fingerprint density at radius 2 is 2.11 bits per heavy atom. The Bertz CT molecular complexity index is 535. The summed E-state index contributed by atoms with van der Waals surface area (Å²) in [5, 5.41) is 16.9. The van der Waals surface area contributed by atoms with Crippen molar-refractivity contribution in [2.24, 2.45) is 0 Å². The number of aryl methyl sites for hydroxylation is 2. The van der Waals surface area contributed by atoms with Gasteiger partial charge in [0.15, 0.2) is 0 Å². The van der Waals surface area contributed by atoms with Crippen molar-refractivity contribution in [1.82, 2.24) is 10.3 Å². The Kier molecular flexibility index (Phi) is 3.62. The molecule has 0 fully saturated rings. The molecule has 0 saturated carbocycles. The fraction of sp³-hybridized carbons (Fsp3) is 0.385. The highest BCUT2D eigenvalue weighted by molar-refractivity contribution is 5.37. The molecule has 0 spiro atoms. The number of hydrogen-bond donors (Lipinski definition) is 1. The lowest BCUT2D eigenvalue weighted by Crippen LogP contribution is -2.00. The molecule has 0 saturated heterocycles. The molecule has 5 heteroatoms. The van der Waals surface area contributed by atoms with Gasteiger partial charge in [-0.25, -0.2) is 4.63 Å². The summed E-state index contributed by atoms with van der Waals surface area (Å²) in [7, 11) is 0. The van der Waals surface area contributed by atoms with Crippen molar-refractivity contribution in [2.45, 2.75) is 33.5 Å². The second-order valence-electron chi connectivity index (χ2n) is 4.29. The van der Waals surface area contributed by atoms with Crippen molar-refractivity contribution in [3.63, 3.8) is 0 Å². The maximum Gasteiger partial charge on any atom is 0.145 e. The van der Waals surface area contributed by atoms with Gasteiger partial charge in [-0.1, -0.05) is 16.4 Å². The molecular weight excluding hydrogens is 232 g/mol. The standard InChI is InChI=1S/C13H16N2O3/c1-8-6-11(10(3)16)4-5-13(8)17-7-12-9(2)14-18-15-12/h4-6,10,16H,7H2,1-3H3/t10-/m1/s1. The summed E-state index contributed by atoms with van der Waals surface area (Å²) >= 11 is 0. The number of aliphatic hydroxyl groups excluding tert-OH is 1. The number of nitrogens with zero attached hydrogens (tertiary/aromatic N) is 2. The van der Waals surface area contributed by atoms with Gasteiger partial charge in [0.1, 0.15) is 23.7 Å². The quantitative estimate of drug-likeness (QED) is 0.899. The Labute approximate surface area is 105 Å². The Morgan fingerprint density at radius 3 is 2.67 bits per heavy atom. The number of ether oxygens (including phenoxy) is 1. The first-order chi connectivity index (χ1) is 8.58. The van der Waals surface area contributed by atoms with Crippen LogP contribution in [0.4, 0.5) is 0 Å². The van der Waals surface area contributed by atoms with Gasteiger partial charge in [0.25, 0.3) is 0 Å². The first-order valence-corrected chi connectivity index (χ1v) is 5.77. The van der Waals surface area contributed by atoms with E-state index in [1.54, 1.807) is 6.92 Å². The molecule has 0 aliphatic heterocycles. The smallest absolute Gasteiger partial charge is 0.145 e. The topological polar surface area (TPSA) is 68.4 Å². The van der Waals surface area contributed by atoms with Crippen molar-refractivity contribution in [3.8, 4) is 5.75 Å². The van der Waals surface area contributed by atoms with E-state index in [9.17, 15) is 5.11 Å². The highest BCUT2D eigenvalue weighted by atomic mass is 16.6. The van der Waals surface area contributed by atoms with E-state index in [2.05, 4.69) is 14.9 Å². The van der Waals surface area contributed by atoms with Crippen LogP contribution < -0.4 is 4.74 Å². The van der Waals surface area contributed by atoms with E-state index in [1.807, 2.05) is 32.0 Å². The van der Waals surface area contributed by atoms with Gasteiger partial charge in [-0.15, -0.1) is 0 Å². The maximum atomic E-state index is 9.48. The molecule has 2 rings (SSSR count). The molecule has 1 aromatic carbocycles. The molecule has 5 nitrogen and oxygen atoms in total. The molecule has 0 aliphatic rings. The molecule has 1 N–H and O–H groups in total. The van der Waals surface area contributed by atoms with Gasteiger partial charge in [-0.3, -0.25) is 0 Å². The Morgan fingerprint density at radius 1 is 1.33 bits per heavy atom. The molecule has 1 aromatic heterocycles. The number of aromatic nitrogens is 2. The van der Waals surface area contributed by atoms with Gasteiger partial charge in [0.2, 0.25) is 0 Å². The van der Waals surface area contributed by atoms with Crippen LogP contribution >= 0.6 is 0 Å². The molecule has 1 atom stereocenters. The zero-order chi connectivity index (χ0) is 13.1. The molecule has 0 radical (unpaired) electrons. The van der Waals surface area contributed by atoms with Gasteiger partial charge in [0.05, 0.1) is 6.10 Å². The van der Waals surface area contributed by atoms with Gasteiger partial charge in [-0.2, -0.15) is 0 Å². The summed E-state index contributed by atoms with van der Waals surface area (Å²) in [4.78, 5) is 0. The van der Waals surface area contributed by atoms with E-state index < -0.39 is 6.10 Å². The van der Waals surface area contributed by atoms with Gasteiger partial charge in [-0.05, 0) is 44.0 Å². The number of hydrogen-bond acceptors (Lipinski definition) is 5. The second-order valence-corrected chi connectivity index (χ2v) is 4.29. The largest absolute Gasteiger partial charge is 0.487 e. The molecule has 18 heavy (non-hydrogen) atoms. The average molecular weight is 248 g/mol. The van der Waals surface area contributed by atoms with Crippen molar-refractivity contribution < 1.29 is 14.5 Å². The summed E-state index contributed by atoms with van der Waals surface area (Å²) in [6.45, 7) is 5.82. The number of aliphatic hydroxyl groups is 1. The highest BCUT2D eigenvalue weighted by Crippen LogP contribution is 2.23. The monoisotopic (exact) mass is 248 g/mol. The van der Waals surface area contributed by atoms with Crippen LogP contribution in [0.15, 0.2) is 22.8 Å². The van der Waals surface area contributed by atoms with E-state index in [0.717, 1.165) is 22.6 Å². The molecule has 96 valence electrons. The van der Waals surface area contributed by atoms with Crippen molar-refractivity contribution in [2.75, 3.05) is 0 Å². The fourth-order valence-corrected chi connectivity index (χ4v) is 1.62. The normalized spacial score (nSPS) is 12.4. The van der Waals surface area contributed by atoms with E-state index >= 15 is 0 Å². The minimum atomic E-state index is -0.472. The zero-order valence-corrected chi connectivity index (χ0v) is 10.7. The van der Waals surface area contributed by atoms with E-state index in [0.29, 0.717) is 12.3 Å². The van der Waals surface area contributed by atoms with E-state index in [-0.39, 0.29) is 0 Å². The summed E-state index contributed by atoms with van der Waals surface area (Å²) < 4.78 is 10.3. The minimum Gasteiger partial charge on any atom is -0.487 e. The van der Waals surface area contributed by atoms with Gasteiger partial charge in [0, 0.05) is 0 Å². The first-order valence-electron chi connectivity index (χ1n) is 5.77. The predicted molar refractivity (Wildman–Crippen MR) is 65.2 cm³/mol. The lowest BCUT2D eigenvalue weighted by atomic mass is 10.1. The fourth-order valence-electron chi connectivity index (χ4n) is 1.62. The lowest BCUT2D eigenvalue weighted by Gasteiger charge is -2.11. The van der Waals surface area contributed by atoms with Crippen LogP contribution in [0, 0.1) is 13.8 Å². The molecule has 0 bridgehead atoms. The summed E-state index contributed by atoms with van der Waals surface area (Å²) in [5.41, 5.74) is 3.27. The summed E-state index contributed by atoms with van der Waals surface area (Å²) in [6, 6.07) is 5.61. The SMILES string of the molecule is Cc1cc([C@@H](C)O)ccc1OCc1nonc1C. The molecule has 0 aliphatic carbocycles. The van der Waals surface area contributed by atoms with Gasteiger partial charge >= 0.3 is 0 Å². The zero-order valence-electron chi connectivity index (χ0n) is 10.7. The minimum absolute atomic E-state index is 0.324. The molecule has 2 aromatic rings. The number of benzene rings is 1. The summed E-state index contributed by atoms with van der Waals surface area (Å²) in [6.07, 6.45) is -0.472. The van der Waals surface area contributed by atoms with Crippen molar-refractivity contribution >= 4 is 0 Å². The van der Waals surface area contributed by atoms with Crippen molar-refractivity contribution in [3.05, 3.63) is 40.7 Å². The third-order valence-corrected chi connectivity index (χ3v) is 2.79. The van der Waals surface area contributed by atoms with Crippen LogP contribution in [0.2, 0.25) is 0 Å². The second kappa shape index (κ2) is 5.18. The summed E-state index contributed by atoms with van der Waals surface area (Å²) in [5.74, 6) is 0.766. The van der Waals surface area contributed by atoms with Crippen LogP contribution in [0.25, 0.3) is 0 Å². The Hall–Kier alpha value is -1.88. The number of rotatable bonds is 4.